The van der Waals surface area contributed by atoms with Crippen molar-refractivity contribution < 1.29 is 4.79 Å². The monoisotopic (exact) mass is 336 g/mol. The molecule has 0 aliphatic heterocycles. The topological polar surface area (TPSA) is 88.5 Å². The van der Waals surface area contributed by atoms with E-state index in [0.29, 0.717) is 11.6 Å². The van der Waals surface area contributed by atoms with Gasteiger partial charge in [-0.3, -0.25) is 19.4 Å². The van der Waals surface area contributed by atoms with E-state index >= 15 is 0 Å². The zero-order valence-corrected chi connectivity index (χ0v) is 13.8. The average Bonchev–Trinajstić information content (AvgIpc) is 3.35. The summed E-state index contributed by atoms with van der Waals surface area (Å²) in [5.74, 6) is -0.00581. The first-order valence-electron chi connectivity index (χ1n) is 8.54. The molecular weight excluding hydrogens is 316 g/mol. The molecular formula is C18H20N6O. The molecule has 1 aliphatic carbocycles. The standard InChI is InChI=1S/C18H20N6O/c25-18(13-5-6-19-9-13)23-15-1-3-16(4-2-15)24-12-14(10-22-24)17-11-20-7-8-21-17/h5-12,15-16,19H,1-4H2,(H,23,25). The van der Waals surface area contributed by atoms with E-state index in [1.807, 2.05) is 17.1 Å². The van der Waals surface area contributed by atoms with E-state index in [4.69, 9.17) is 0 Å². The zero-order valence-electron chi connectivity index (χ0n) is 13.8. The number of aromatic amines is 1. The lowest BCUT2D eigenvalue weighted by atomic mass is 9.91. The van der Waals surface area contributed by atoms with Crippen molar-refractivity contribution in [1.29, 1.82) is 0 Å². The lowest BCUT2D eigenvalue weighted by molar-refractivity contribution is 0.0922. The number of carbonyl (C=O) groups excluding carboxylic acids is 1. The molecule has 2 N–H and O–H groups in total. The Kier molecular flexibility index (Phi) is 4.28. The summed E-state index contributed by atoms with van der Waals surface area (Å²) in [7, 11) is 0. The highest BCUT2D eigenvalue weighted by atomic mass is 16.1. The molecule has 3 heterocycles. The Hall–Kier alpha value is -2.96. The third-order valence-corrected chi connectivity index (χ3v) is 4.73. The van der Waals surface area contributed by atoms with Crippen molar-refractivity contribution in [2.45, 2.75) is 37.8 Å². The third kappa shape index (κ3) is 3.45. The Balaban J connectivity index is 1.34. The third-order valence-electron chi connectivity index (χ3n) is 4.73. The largest absolute Gasteiger partial charge is 0.367 e. The molecule has 0 radical (unpaired) electrons. The highest BCUT2D eigenvalue weighted by molar-refractivity contribution is 5.94. The number of hydrogen-bond donors (Lipinski definition) is 2. The molecule has 128 valence electrons. The molecule has 1 aliphatic rings. The van der Waals surface area contributed by atoms with Crippen molar-refractivity contribution in [2.75, 3.05) is 0 Å². The number of amides is 1. The summed E-state index contributed by atoms with van der Waals surface area (Å²) in [6.07, 6.45) is 16.4. The summed E-state index contributed by atoms with van der Waals surface area (Å²) in [5, 5.41) is 7.62. The second-order valence-electron chi connectivity index (χ2n) is 6.38. The van der Waals surface area contributed by atoms with Crippen LogP contribution in [0.5, 0.6) is 0 Å². The van der Waals surface area contributed by atoms with Gasteiger partial charge in [0.15, 0.2) is 0 Å². The Morgan fingerprint density at radius 1 is 1.20 bits per heavy atom. The normalized spacial score (nSPS) is 20.3. The van der Waals surface area contributed by atoms with Crippen LogP contribution in [0.15, 0.2) is 49.4 Å². The molecule has 0 saturated heterocycles. The van der Waals surface area contributed by atoms with Gasteiger partial charge in [-0.25, -0.2) is 0 Å². The summed E-state index contributed by atoms with van der Waals surface area (Å²) in [5.41, 5.74) is 2.50. The van der Waals surface area contributed by atoms with Gasteiger partial charge in [-0.1, -0.05) is 0 Å². The van der Waals surface area contributed by atoms with Gasteiger partial charge in [0.1, 0.15) is 0 Å². The predicted octanol–water partition coefficient (Wildman–Crippen LogP) is 2.58. The second-order valence-corrected chi connectivity index (χ2v) is 6.38. The predicted molar refractivity (Wildman–Crippen MR) is 92.8 cm³/mol. The molecule has 1 saturated carbocycles. The molecule has 7 nitrogen and oxygen atoms in total. The van der Waals surface area contributed by atoms with Gasteiger partial charge in [-0.15, -0.1) is 0 Å². The SMILES string of the molecule is O=C(NC1CCC(n2cc(-c3cnccn3)cn2)CC1)c1cc[nH]c1. The lowest BCUT2D eigenvalue weighted by Gasteiger charge is -2.29. The number of nitrogens with one attached hydrogen (secondary N) is 2. The van der Waals surface area contributed by atoms with Crippen LogP contribution in [0.4, 0.5) is 0 Å². The van der Waals surface area contributed by atoms with E-state index in [1.54, 1.807) is 37.1 Å². The summed E-state index contributed by atoms with van der Waals surface area (Å²) in [6.45, 7) is 0. The molecule has 3 aromatic rings. The van der Waals surface area contributed by atoms with Gasteiger partial charge >= 0.3 is 0 Å². The molecule has 3 aromatic heterocycles. The van der Waals surface area contributed by atoms with Crippen molar-refractivity contribution >= 4 is 5.91 Å². The van der Waals surface area contributed by atoms with E-state index in [2.05, 4.69) is 25.4 Å². The molecule has 7 heteroatoms. The zero-order chi connectivity index (χ0) is 17.1. The van der Waals surface area contributed by atoms with Crippen molar-refractivity contribution in [3.05, 3.63) is 55.0 Å². The van der Waals surface area contributed by atoms with Crippen LogP contribution in [-0.4, -0.2) is 36.7 Å². The molecule has 0 spiro atoms. The number of hydrogen-bond acceptors (Lipinski definition) is 4. The Morgan fingerprint density at radius 2 is 2.08 bits per heavy atom. The van der Waals surface area contributed by atoms with Crippen LogP contribution >= 0.6 is 0 Å². The first-order valence-corrected chi connectivity index (χ1v) is 8.54. The van der Waals surface area contributed by atoms with E-state index < -0.39 is 0 Å². The van der Waals surface area contributed by atoms with Gasteiger partial charge in [0.25, 0.3) is 5.91 Å². The lowest BCUT2D eigenvalue weighted by Crippen LogP contribution is -2.37. The Labute approximate surface area is 145 Å². The van der Waals surface area contributed by atoms with Crippen LogP contribution < -0.4 is 5.32 Å². The molecule has 1 amide bonds. The quantitative estimate of drug-likeness (QED) is 0.766. The van der Waals surface area contributed by atoms with Crippen LogP contribution in [0.25, 0.3) is 11.3 Å². The minimum atomic E-state index is -0.00581. The van der Waals surface area contributed by atoms with Crippen LogP contribution in [0.1, 0.15) is 42.1 Å². The van der Waals surface area contributed by atoms with E-state index in [1.165, 1.54) is 0 Å². The number of H-pyrrole nitrogens is 1. The molecule has 0 aromatic carbocycles. The summed E-state index contributed by atoms with van der Waals surface area (Å²) in [4.78, 5) is 23.4. The average molecular weight is 336 g/mol. The smallest absolute Gasteiger partial charge is 0.253 e. The summed E-state index contributed by atoms with van der Waals surface area (Å²) < 4.78 is 2.02. The van der Waals surface area contributed by atoms with Gasteiger partial charge in [-0.05, 0) is 31.7 Å². The fourth-order valence-corrected chi connectivity index (χ4v) is 3.34. The van der Waals surface area contributed by atoms with Crippen LogP contribution in [-0.2, 0) is 0 Å². The molecule has 0 atom stereocenters. The molecule has 0 bridgehead atoms. The number of rotatable bonds is 4. The maximum atomic E-state index is 12.1. The molecule has 25 heavy (non-hydrogen) atoms. The first kappa shape index (κ1) is 15.6. The van der Waals surface area contributed by atoms with Crippen molar-refractivity contribution in [3.8, 4) is 11.3 Å². The molecule has 4 rings (SSSR count). The Bertz CT molecular complexity index is 818. The summed E-state index contributed by atoms with van der Waals surface area (Å²) >= 11 is 0. The van der Waals surface area contributed by atoms with Gasteiger partial charge in [0.2, 0.25) is 0 Å². The van der Waals surface area contributed by atoms with E-state index in [9.17, 15) is 4.79 Å². The van der Waals surface area contributed by atoms with Crippen LogP contribution in [0.2, 0.25) is 0 Å². The fourth-order valence-electron chi connectivity index (χ4n) is 3.34. The van der Waals surface area contributed by atoms with Crippen LogP contribution in [0, 0.1) is 0 Å². The van der Waals surface area contributed by atoms with Gasteiger partial charge in [0.05, 0.1) is 29.7 Å². The maximum Gasteiger partial charge on any atom is 0.253 e. The highest BCUT2D eigenvalue weighted by Gasteiger charge is 2.24. The van der Waals surface area contributed by atoms with Crippen molar-refractivity contribution in [3.63, 3.8) is 0 Å². The molecule has 1 fully saturated rings. The second kappa shape index (κ2) is 6.88. The van der Waals surface area contributed by atoms with Gasteiger partial charge < -0.3 is 10.3 Å². The van der Waals surface area contributed by atoms with Crippen molar-refractivity contribution in [2.24, 2.45) is 0 Å². The van der Waals surface area contributed by atoms with E-state index in [-0.39, 0.29) is 11.9 Å². The summed E-state index contributed by atoms with van der Waals surface area (Å²) in [6, 6.07) is 2.39. The fraction of sp³-hybridized carbons (Fsp3) is 0.333. The maximum absolute atomic E-state index is 12.1. The van der Waals surface area contributed by atoms with Crippen LogP contribution in [0.3, 0.4) is 0 Å². The first-order chi connectivity index (χ1) is 12.3. The number of carbonyl (C=O) groups is 1. The highest BCUT2D eigenvalue weighted by Crippen LogP contribution is 2.29. The number of nitrogens with zero attached hydrogens (tertiary/aromatic N) is 4. The minimum absolute atomic E-state index is 0.00581. The van der Waals surface area contributed by atoms with E-state index in [0.717, 1.165) is 36.9 Å². The minimum Gasteiger partial charge on any atom is -0.367 e. The molecule has 0 unspecified atom stereocenters. The Morgan fingerprint density at radius 3 is 2.80 bits per heavy atom. The number of aromatic nitrogens is 5. The van der Waals surface area contributed by atoms with Crippen molar-refractivity contribution in [1.82, 2.24) is 30.0 Å². The van der Waals surface area contributed by atoms with Gasteiger partial charge in [0, 0.05) is 42.6 Å². The van der Waals surface area contributed by atoms with Gasteiger partial charge in [-0.2, -0.15) is 5.10 Å².